The summed E-state index contributed by atoms with van der Waals surface area (Å²) < 4.78 is 28.4. The van der Waals surface area contributed by atoms with Crippen LogP contribution in [0.2, 0.25) is 0 Å². The fourth-order valence-electron chi connectivity index (χ4n) is 2.93. The van der Waals surface area contributed by atoms with Crippen molar-refractivity contribution >= 4 is 33.2 Å². The van der Waals surface area contributed by atoms with Crippen LogP contribution in [-0.4, -0.2) is 38.9 Å². The summed E-state index contributed by atoms with van der Waals surface area (Å²) in [4.78, 5) is 36.4. The van der Waals surface area contributed by atoms with Gasteiger partial charge in [0.25, 0.3) is 0 Å². The van der Waals surface area contributed by atoms with Gasteiger partial charge in [-0.15, -0.1) is 0 Å². The highest BCUT2D eigenvalue weighted by atomic mass is 32.2. The average molecular weight is 401 g/mol. The van der Waals surface area contributed by atoms with Crippen LogP contribution in [0.4, 0.5) is 5.69 Å². The lowest BCUT2D eigenvalue weighted by atomic mass is 9.99. The van der Waals surface area contributed by atoms with Gasteiger partial charge in [0.05, 0.1) is 16.4 Å². The number of rotatable bonds is 5. The average Bonchev–Trinajstić information content (AvgIpc) is 2.92. The van der Waals surface area contributed by atoms with Crippen LogP contribution in [0.25, 0.3) is 0 Å². The molecular weight excluding hydrogens is 382 g/mol. The fraction of sp³-hybridized carbons (Fsp3) is 0.250. The van der Waals surface area contributed by atoms with Gasteiger partial charge in [-0.2, -0.15) is 0 Å². The van der Waals surface area contributed by atoms with Crippen molar-refractivity contribution in [2.75, 3.05) is 18.2 Å². The van der Waals surface area contributed by atoms with Gasteiger partial charge in [-0.25, -0.2) is 13.2 Å². The maximum atomic E-state index is 12.4. The molecule has 0 bridgehead atoms. The molecule has 0 aliphatic carbocycles. The second-order valence-electron chi connectivity index (χ2n) is 6.76. The van der Waals surface area contributed by atoms with Crippen molar-refractivity contribution in [3.05, 3.63) is 58.7 Å². The summed E-state index contributed by atoms with van der Waals surface area (Å²) in [6.45, 7) is 2.90. The Kier molecular flexibility index (Phi) is 5.08. The maximum Gasteiger partial charge on any atom is 0.338 e. The molecule has 146 valence electrons. The standard InChI is InChI=1S/C20H19NO6S/c1-11-4-6-14(28(3,25)26)9-15(11)20(24)27-10-18(22)13-5-7-17-16(8-13)12(2)19(23)21-17/h4-9,12H,10H2,1-3H3,(H,21,23)/t12-/m0/s1. The molecule has 1 heterocycles. The summed E-state index contributed by atoms with van der Waals surface area (Å²) in [6.07, 6.45) is 1.05. The number of fused-ring (bicyclic) bond motifs is 1. The highest BCUT2D eigenvalue weighted by molar-refractivity contribution is 7.90. The topological polar surface area (TPSA) is 107 Å². The van der Waals surface area contributed by atoms with E-state index < -0.39 is 28.2 Å². The quantitative estimate of drug-likeness (QED) is 0.609. The second kappa shape index (κ2) is 7.20. The first kappa shape index (κ1) is 19.8. The first-order chi connectivity index (χ1) is 13.1. The number of aryl methyl sites for hydroxylation is 1. The van der Waals surface area contributed by atoms with E-state index in [1.54, 1.807) is 32.0 Å². The van der Waals surface area contributed by atoms with E-state index in [1.165, 1.54) is 18.2 Å². The van der Waals surface area contributed by atoms with Gasteiger partial charge in [0.2, 0.25) is 5.91 Å². The Labute approximate surface area is 162 Å². The zero-order chi connectivity index (χ0) is 20.6. The van der Waals surface area contributed by atoms with Crippen molar-refractivity contribution < 1.29 is 27.5 Å². The third-order valence-corrected chi connectivity index (χ3v) is 5.79. The van der Waals surface area contributed by atoms with Gasteiger partial charge in [0.15, 0.2) is 22.2 Å². The number of ether oxygens (including phenoxy) is 1. The number of carbonyl (C=O) groups excluding carboxylic acids is 3. The van der Waals surface area contributed by atoms with Gasteiger partial charge in [0.1, 0.15) is 0 Å². The fourth-order valence-corrected chi connectivity index (χ4v) is 3.58. The molecule has 1 amide bonds. The number of anilines is 1. The molecule has 1 atom stereocenters. The van der Waals surface area contributed by atoms with Crippen LogP contribution < -0.4 is 5.32 Å². The summed E-state index contributed by atoms with van der Waals surface area (Å²) in [5.41, 5.74) is 2.35. The van der Waals surface area contributed by atoms with Crippen LogP contribution in [0.15, 0.2) is 41.3 Å². The first-order valence-electron chi connectivity index (χ1n) is 8.54. The lowest BCUT2D eigenvalue weighted by molar-refractivity contribution is -0.116. The molecule has 3 rings (SSSR count). The third-order valence-electron chi connectivity index (χ3n) is 4.68. The molecule has 2 aromatic carbocycles. The van der Waals surface area contributed by atoms with Gasteiger partial charge in [-0.1, -0.05) is 6.07 Å². The SMILES string of the molecule is Cc1ccc(S(C)(=O)=O)cc1C(=O)OCC(=O)c1ccc2c(c1)[C@H](C)C(=O)N2. The lowest BCUT2D eigenvalue weighted by Gasteiger charge is -2.09. The van der Waals surface area contributed by atoms with E-state index in [9.17, 15) is 22.8 Å². The number of nitrogens with one attached hydrogen (secondary N) is 1. The molecule has 0 fully saturated rings. The number of Topliss-reactive ketones (excluding diaryl/α,β-unsaturated/α-hetero) is 1. The van der Waals surface area contributed by atoms with E-state index in [2.05, 4.69) is 5.32 Å². The number of hydrogen-bond acceptors (Lipinski definition) is 6. The van der Waals surface area contributed by atoms with Crippen LogP contribution in [0.3, 0.4) is 0 Å². The maximum absolute atomic E-state index is 12.4. The Morgan fingerprint density at radius 3 is 2.54 bits per heavy atom. The van der Waals surface area contributed by atoms with E-state index in [0.717, 1.165) is 11.8 Å². The normalized spacial score (nSPS) is 15.7. The second-order valence-corrected chi connectivity index (χ2v) is 8.78. The molecule has 28 heavy (non-hydrogen) atoms. The van der Waals surface area contributed by atoms with E-state index in [-0.39, 0.29) is 22.3 Å². The molecule has 0 unspecified atom stereocenters. The molecule has 0 saturated heterocycles. The summed E-state index contributed by atoms with van der Waals surface area (Å²) in [6, 6.07) is 8.98. The summed E-state index contributed by atoms with van der Waals surface area (Å²) in [5, 5.41) is 2.72. The molecule has 1 N–H and O–H groups in total. The largest absolute Gasteiger partial charge is 0.454 e. The van der Waals surface area contributed by atoms with Gasteiger partial charge in [-0.05, 0) is 55.3 Å². The van der Waals surface area contributed by atoms with Crippen molar-refractivity contribution in [1.29, 1.82) is 0 Å². The van der Waals surface area contributed by atoms with Crippen LogP contribution in [0, 0.1) is 6.92 Å². The van der Waals surface area contributed by atoms with E-state index in [4.69, 9.17) is 4.74 Å². The van der Waals surface area contributed by atoms with Crippen molar-refractivity contribution in [3.63, 3.8) is 0 Å². The van der Waals surface area contributed by atoms with Crippen LogP contribution in [0.1, 0.15) is 44.7 Å². The minimum Gasteiger partial charge on any atom is -0.454 e. The molecule has 0 aromatic heterocycles. The zero-order valence-electron chi connectivity index (χ0n) is 15.6. The Balaban J connectivity index is 1.74. The Hall–Kier alpha value is -3.00. The first-order valence-corrected chi connectivity index (χ1v) is 10.4. The molecule has 0 saturated carbocycles. The van der Waals surface area contributed by atoms with Crippen molar-refractivity contribution in [3.8, 4) is 0 Å². The summed E-state index contributed by atoms with van der Waals surface area (Å²) in [7, 11) is -3.47. The molecule has 7 nitrogen and oxygen atoms in total. The van der Waals surface area contributed by atoms with Crippen LogP contribution in [-0.2, 0) is 19.4 Å². The summed E-state index contributed by atoms with van der Waals surface area (Å²) in [5.74, 6) is -1.68. The van der Waals surface area contributed by atoms with Crippen LogP contribution >= 0.6 is 0 Å². The number of ketones is 1. The minimum absolute atomic E-state index is 0.00107. The number of amides is 1. The molecule has 2 aromatic rings. The smallest absolute Gasteiger partial charge is 0.338 e. The van der Waals surface area contributed by atoms with E-state index >= 15 is 0 Å². The molecular formula is C20H19NO6S. The minimum atomic E-state index is -3.47. The van der Waals surface area contributed by atoms with E-state index in [0.29, 0.717) is 16.8 Å². The predicted molar refractivity (Wildman–Crippen MR) is 102 cm³/mol. The molecule has 1 aliphatic rings. The Bertz CT molecular complexity index is 1100. The van der Waals surface area contributed by atoms with Crippen molar-refractivity contribution in [2.24, 2.45) is 0 Å². The Morgan fingerprint density at radius 1 is 1.14 bits per heavy atom. The predicted octanol–water partition coefficient (Wildman–Crippen LogP) is 2.49. The monoisotopic (exact) mass is 401 g/mol. The molecule has 1 aliphatic heterocycles. The molecule has 0 radical (unpaired) electrons. The van der Waals surface area contributed by atoms with E-state index in [1.807, 2.05) is 0 Å². The highest BCUT2D eigenvalue weighted by Crippen LogP contribution is 2.32. The molecule has 0 spiro atoms. The number of benzene rings is 2. The zero-order valence-corrected chi connectivity index (χ0v) is 16.4. The highest BCUT2D eigenvalue weighted by Gasteiger charge is 2.27. The molecule has 8 heteroatoms. The van der Waals surface area contributed by atoms with Gasteiger partial charge in [-0.3, -0.25) is 9.59 Å². The van der Waals surface area contributed by atoms with Crippen LogP contribution in [0.5, 0.6) is 0 Å². The van der Waals surface area contributed by atoms with Crippen molar-refractivity contribution in [1.82, 2.24) is 0 Å². The number of hydrogen-bond donors (Lipinski definition) is 1. The number of esters is 1. The van der Waals surface area contributed by atoms with Gasteiger partial charge < -0.3 is 10.1 Å². The summed E-state index contributed by atoms with van der Waals surface area (Å²) >= 11 is 0. The van der Waals surface area contributed by atoms with Gasteiger partial charge >= 0.3 is 5.97 Å². The Morgan fingerprint density at radius 2 is 1.86 bits per heavy atom. The lowest BCUT2D eigenvalue weighted by Crippen LogP contribution is -2.16. The third kappa shape index (κ3) is 3.82. The number of carbonyl (C=O) groups is 3. The van der Waals surface area contributed by atoms with Crippen molar-refractivity contribution in [2.45, 2.75) is 24.7 Å². The number of sulfone groups is 1. The van der Waals surface area contributed by atoms with Gasteiger partial charge in [0, 0.05) is 17.5 Å².